The number of carbonyl (C=O) groups excluding carboxylic acids is 1. The Kier molecular flexibility index (Phi) is 6.44. The number of halogens is 1. The first-order chi connectivity index (χ1) is 14.2. The van der Waals surface area contributed by atoms with Crippen LogP contribution in [0.1, 0.15) is 5.69 Å². The van der Waals surface area contributed by atoms with Crippen LogP contribution in [0.4, 0.5) is 0 Å². The molecule has 0 N–H and O–H groups in total. The molecule has 0 radical (unpaired) electrons. The van der Waals surface area contributed by atoms with Gasteiger partial charge in [-0.05, 0) is 24.3 Å². The van der Waals surface area contributed by atoms with Gasteiger partial charge in [-0.25, -0.2) is 4.98 Å². The molecule has 2 aromatic carbocycles. The molecule has 3 aromatic rings. The molecule has 0 saturated carbocycles. The molecule has 29 heavy (non-hydrogen) atoms. The van der Waals surface area contributed by atoms with Crippen LogP contribution in [0.25, 0.3) is 10.6 Å². The van der Waals surface area contributed by atoms with Crippen molar-refractivity contribution in [1.29, 1.82) is 0 Å². The van der Waals surface area contributed by atoms with Crippen molar-refractivity contribution in [2.45, 2.75) is 6.54 Å². The predicted molar refractivity (Wildman–Crippen MR) is 116 cm³/mol. The standard InChI is InChI=1S/C22H22ClN3O2S/c23-18-8-6-17(7-9-18)22-24-19(16-29-22)14-25-10-12-26(13-11-25)21(27)15-28-20-4-2-1-3-5-20/h1-9,16H,10-15H2. The number of hydrogen-bond acceptors (Lipinski definition) is 5. The molecule has 0 unspecified atom stereocenters. The molecular formula is C22H22ClN3O2S. The van der Waals surface area contributed by atoms with Crippen molar-refractivity contribution in [1.82, 2.24) is 14.8 Å². The lowest BCUT2D eigenvalue weighted by Crippen LogP contribution is -2.49. The summed E-state index contributed by atoms with van der Waals surface area (Å²) in [5.74, 6) is 0.756. The number of ether oxygens (including phenoxy) is 1. The van der Waals surface area contributed by atoms with E-state index in [2.05, 4.69) is 10.3 Å². The average molecular weight is 428 g/mol. The van der Waals surface area contributed by atoms with Crippen LogP contribution in [0.3, 0.4) is 0 Å². The summed E-state index contributed by atoms with van der Waals surface area (Å²) in [5.41, 5.74) is 2.15. The number of nitrogens with zero attached hydrogens (tertiary/aromatic N) is 3. The van der Waals surface area contributed by atoms with Crippen molar-refractivity contribution in [3.05, 3.63) is 70.7 Å². The normalized spacial score (nSPS) is 14.7. The minimum Gasteiger partial charge on any atom is -0.484 e. The maximum Gasteiger partial charge on any atom is 0.260 e. The third kappa shape index (κ3) is 5.35. The number of hydrogen-bond donors (Lipinski definition) is 0. The number of benzene rings is 2. The first-order valence-electron chi connectivity index (χ1n) is 9.56. The van der Waals surface area contributed by atoms with Gasteiger partial charge in [0.25, 0.3) is 5.91 Å². The van der Waals surface area contributed by atoms with E-state index in [1.165, 1.54) is 0 Å². The van der Waals surface area contributed by atoms with Crippen LogP contribution in [0.5, 0.6) is 5.75 Å². The van der Waals surface area contributed by atoms with Gasteiger partial charge < -0.3 is 9.64 Å². The van der Waals surface area contributed by atoms with Gasteiger partial charge in [0.15, 0.2) is 6.61 Å². The summed E-state index contributed by atoms with van der Waals surface area (Å²) in [7, 11) is 0. The molecule has 1 aliphatic rings. The Morgan fingerprint density at radius 3 is 2.48 bits per heavy atom. The summed E-state index contributed by atoms with van der Waals surface area (Å²) < 4.78 is 5.57. The zero-order chi connectivity index (χ0) is 20.1. The molecule has 0 aliphatic carbocycles. The average Bonchev–Trinajstić information content (AvgIpc) is 3.22. The summed E-state index contributed by atoms with van der Waals surface area (Å²) in [5, 5.41) is 3.84. The minimum atomic E-state index is 0.0344. The van der Waals surface area contributed by atoms with E-state index < -0.39 is 0 Å². The van der Waals surface area contributed by atoms with E-state index >= 15 is 0 Å². The van der Waals surface area contributed by atoms with Crippen LogP contribution < -0.4 is 4.74 Å². The predicted octanol–water partition coefficient (Wildman–Crippen LogP) is 4.19. The molecule has 1 saturated heterocycles. The van der Waals surface area contributed by atoms with Crippen molar-refractivity contribution in [3.8, 4) is 16.3 Å². The maximum atomic E-state index is 12.4. The van der Waals surface area contributed by atoms with Crippen molar-refractivity contribution >= 4 is 28.8 Å². The van der Waals surface area contributed by atoms with Gasteiger partial charge in [-0.3, -0.25) is 9.69 Å². The Bertz CT molecular complexity index is 938. The lowest BCUT2D eigenvalue weighted by Gasteiger charge is -2.34. The van der Waals surface area contributed by atoms with Gasteiger partial charge in [0, 0.05) is 48.7 Å². The molecule has 150 valence electrons. The second kappa shape index (κ2) is 9.39. The monoisotopic (exact) mass is 427 g/mol. The number of piperazine rings is 1. The molecule has 0 bridgehead atoms. The molecule has 4 rings (SSSR count). The topological polar surface area (TPSA) is 45.7 Å². The van der Waals surface area contributed by atoms with E-state index in [0.717, 1.165) is 46.7 Å². The maximum absolute atomic E-state index is 12.4. The fourth-order valence-corrected chi connectivity index (χ4v) is 4.19. The van der Waals surface area contributed by atoms with Crippen molar-refractivity contribution in [3.63, 3.8) is 0 Å². The zero-order valence-electron chi connectivity index (χ0n) is 16.0. The largest absolute Gasteiger partial charge is 0.484 e. The van der Waals surface area contributed by atoms with Crippen molar-refractivity contribution < 1.29 is 9.53 Å². The van der Waals surface area contributed by atoms with E-state index in [9.17, 15) is 4.79 Å². The van der Waals surface area contributed by atoms with Gasteiger partial charge in [-0.15, -0.1) is 11.3 Å². The van der Waals surface area contributed by atoms with Crippen LogP contribution in [-0.2, 0) is 11.3 Å². The second-order valence-electron chi connectivity index (χ2n) is 6.91. The highest BCUT2D eigenvalue weighted by Crippen LogP contribution is 2.25. The van der Waals surface area contributed by atoms with Gasteiger partial charge in [0.2, 0.25) is 0 Å². The van der Waals surface area contributed by atoms with Crippen LogP contribution in [-0.4, -0.2) is 53.5 Å². The number of aromatic nitrogens is 1. The summed E-state index contributed by atoms with van der Waals surface area (Å²) in [6, 6.07) is 17.2. The Labute approximate surface area is 179 Å². The van der Waals surface area contributed by atoms with Gasteiger partial charge in [0.05, 0.1) is 5.69 Å². The number of amides is 1. The molecule has 1 aromatic heterocycles. The highest BCUT2D eigenvalue weighted by atomic mass is 35.5. The fourth-order valence-electron chi connectivity index (χ4n) is 3.24. The third-order valence-electron chi connectivity index (χ3n) is 4.86. The van der Waals surface area contributed by atoms with Crippen LogP contribution in [0, 0.1) is 0 Å². The Hall–Kier alpha value is -2.41. The van der Waals surface area contributed by atoms with Gasteiger partial charge in [0.1, 0.15) is 10.8 Å². The molecule has 0 atom stereocenters. The number of para-hydroxylation sites is 1. The summed E-state index contributed by atoms with van der Waals surface area (Å²) in [6.45, 7) is 3.99. The first kappa shape index (κ1) is 19.9. The quantitative estimate of drug-likeness (QED) is 0.591. The highest BCUT2D eigenvalue weighted by molar-refractivity contribution is 7.13. The molecule has 5 nitrogen and oxygen atoms in total. The number of carbonyl (C=O) groups is 1. The molecule has 7 heteroatoms. The third-order valence-corrected chi connectivity index (χ3v) is 6.05. The number of thiazole rings is 1. The first-order valence-corrected chi connectivity index (χ1v) is 10.8. The van der Waals surface area contributed by atoms with E-state index in [4.69, 9.17) is 21.3 Å². The van der Waals surface area contributed by atoms with E-state index in [1.54, 1.807) is 11.3 Å². The lowest BCUT2D eigenvalue weighted by molar-refractivity contribution is -0.135. The fraction of sp³-hybridized carbons (Fsp3) is 0.273. The Morgan fingerprint density at radius 2 is 1.76 bits per heavy atom. The molecule has 0 spiro atoms. The smallest absolute Gasteiger partial charge is 0.260 e. The molecule has 1 amide bonds. The second-order valence-corrected chi connectivity index (χ2v) is 8.20. The van der Waals surface area contributed by atoms with Crippen LogP contribution >= 0.6 is 22.9 Å². The summed E-state index contributed by atoms with van der Waals surface area (Å²) >= 11 is 7.60. The zero-order valence-corrected chi connectivity index (χ0v) is 17.5. The summed E-state index contributed by atoms with van der Waals surface area (Å²) in [4.78, 5) is 21.3. The van der Waals surface area contributed by atoms with Crippen molar-refractivity contribution in [2.24, 2.45) is 0 Å². The minimum absolute atomic E-state index is 0.0344. The van der Waals surface area contributed by atoms with Gasteiger partial charge in [-0.2, -0.15) is 0 Å². The molecule has 1 aliphatic heterocycles. The highest BCUT2D eigenvalue weighted by Gasteiger charge is 2.22. The van der Waals surface area contributed by atoms with E-state index in [1.807, 2.05) is 59.5 Å². The molecule has 1 fully saturated rings. The van der Waals surface area contributed by atoms with Gasteiger partial charge in [-0.1, -0.05) is 41.9 Å². The number of rotatable bonds is 6. The van der Waals surface area contributed by atoms with E-state index in [0.29, 0.717) is 13.1 Å². The van der Waals surface area contributed by atoms with Crippen molar-refractivity contribution in [2.75, 3.05) is 32.8 Å². The van der Waals surface area contributed by atoms with E-state index in [-0.39, 0.29) is 12.5 Å². The Balaban J connectivity index is 1.25. The SMILES string of the molecule is O=C(COc1ccccc1)N1CCN(Cc2csc(-c3ccc(Cl)cc3)n2)CC1. The molecule has 2 heterocycles. The van der Waals surface area contributed by atoms with Crippen LogP contribution in [0.2, 0.25) is 5.02 Å². The lowest BCUT2D eigenvalue weighted by atomic mass is 10.2. The Morgan fingerprint density at radius 1 is 1.03 bits per heavy atom. The van der Waals surface area contributed by atoms with Crippen LogP contribution in [0.15, 0.2) is 60.0 Å². The van der Waals surface area contributed by atoms with Gasteiger partial charge >= 0.3 is 0 Å². The molecular weight excluding hydrogens is 406 g/mol. The summed E-state index contributed by atoms with van der Waals surface area (Å²) in [6.07, 6.45) is 0.